The number of anilines is 1. The summed E-state index contributed by atoms with van der Waals surface area (Å²) in [7, 11) is -3.58. The van der Waals surface area contributed by atoms with Crippen LogP contribution in [0.5, 0.6) is 0 Å². The normalized spacial score (nSPS) is 15.2. The summed E-state index contributed by atoms with van der Waals surface area (Å²) in [6, 6.07) is 4.95. The minimum atomic E-state index is -3.58. The predicted molar refractivity (Wildman–Crippen MR) is 69.2 cm³/mol. The van der Waals surface area contributed by atoms with Crippen molar-refractivity contribution in [3.63, 3.8) is 0 Å². The van der Waals surface area contributed by atoms with Crippen molar-refractivity contribution in [2.75, 3.05) is 12.0 Å². The molecule has 1 aromatic rings. The number of nitriles is 1. The van der Waals surface area contributed by atoms with Crippen LogP contribution in [0.1, 0.15) is 19.3 Å². The monoisotopic (exact) mass is 281 g/mol. The van der Waals surface area contributed by atoms with E-state index in [0.717, 1.165) is 12.8 Å². The second-order valence-corrected chi connectivity index (χ2v) is 6.17. The summed E-state index contributed by atoms with van der Waals surface area (Å²) in [6.07, 6.45) is 3.15. The quantitative estimate of drug-likeness (QED) is 0.577. The Labute approximate surface area is 112 Å². The molecule has 1 fully saturated rings. The summed E-state index contributed by atoms with van der Waals surface area (Å²) in [4.78, 5) is 4.02. The summed E-state index contributed by atoms with van der Waals surface area (Å²) in [5.41, 5.74) is 2.34. The Kier molecular flexibility index (Phi) is 3.99. The van der Waals surface area contributed by atoms with Crippen molar-refractivity contribution in [2.45, 2.75) is 30.2 Å². The van der Waals surface area contributed by atoms with Crippen LogP contribution in [0.4, 0.5) is 5.82 Å². The summed E-state index contributed by atoms with van der Waals surface area (Å²) in [5.74, 6) is 5.58. The molecule has 1 aliphatic carbocycles. The van der Waals surface area contributed by atoms with Crippen LogP contribution in [-0.4, -0.2) is 30.3 Å². The third kappa shape index (κ3) is 3.01. The van der Waals surface area contributed by atoms with Gasteiger partial charge in [-0.2, -0.15) is 9.57 Å². The van der Waals surface area contributed by atoms with E-state index in [-0.39, 0.29) is 23.9 Å². The maximum absolute atomic E-state index is 12.4. The van der Waals surface area contributed by atoms with Crippen LogP contribution in [0.15, 0.2) is 23.2 Å². The zero-order valence-electron chi connectivity index (χ0n) is 10.3. The third-order valence-electron chi connectivity index (χ3n) is 2.89. The number of aromatic nitrogens is 1. The molecular formula is C11H15N5O2S. The topological polar surface area (TPSA) is 112 Å². The molecule has 1 saturated carbocycles. The van der Waals surface area contributed by atoms with Gasteiger partial charge in [-0.15, -0.1) is 0 Å². The minimum absolute atomic E-state index is 0.0191. The van der Waals surface area contributed by atoms with Gasteiger partial charge in [0.05, 0.1) is 6.07 Å². The maximum atomic E-state index is 12.4. The van der Waals surface area contributed by atoms with Crippen molar-refractivity contribution in [1.29, 1.82) is 5.26 Å². The molecule has 0 aromatic carbocycles. The lowest BCUT2D eigenvalue weighted by atomic mass is 10.4. The van der Waals surface area contributed by atoms with E-state index in [2.05, 4.69) is 10.4 Å². The zero-order valence-corrected chi connectivity index (χ0v) is 11.1. The zero-order chi connectivity index (χ0) is 13.9. The molecule has 1 heterocycles. The van der Waals surface area contributed by atoms with Gasteiger partial charge in [-0.05, 0) is 25.0 Å². The van der Waals surface area contributed by atoms with Crippen LogP contribution < -0.4 is 11.3 Å². The molecule has 1 aromatic heterocycles. The molecule has 19 heavy (non-hydrogen) atoms. The Morgan fingerprint density at radius 3 is 2.74 bits per heavy atom. The van der Waals surface area contributed by atoms with Crippen LogP contribution in [-0.2, 0) is 10.0 Å². The van der Waals surface area contributed by atoms with Crippen LogP contribution in [0.2, 0.25) is 0 Å². The van der Waals surface area contributed by atoms with Crippen molar-refractivity contribution in [3.05, 3.63) is 18.3 Å². The van der Waals surface area contributed by atoms with Gasteiger partial charge in [0.15, 0.2) is 0 Å². The van der Waals surface area contributed by atoms with Crippen LogP contribution in [0, 0.1) is 11.3 Å². The Morgan fingerprint density at radius 1 is 1.53 bits per heavy atom. The Bertz CT molecular complexity index is 574. The largest absolute Gasteiger partial charge is 0.308 e. The van der Waals surface area contributed by atoms with Crippen LogP contribution >= 0.6 is 0 Å². The first kappa shape index (κ1) is 13.7. The number of nitrogens with one attached hydrogen (secondary N) is 1. The molecule has 0 bridgehead atoms. The first-order valence-electron chi connectivity index (χ1n) is 5.91. The van der Waals surface area contributed by atoms with Gasteiger partial charge in [0, 0.05) is 25.2 Å². The number of sulfonamides is 1. The average molecular weight is 281 g/mol. The fraction of sp³-hybridized carbons (Fsp3) is 0.455. The van der Waals surface area contributed by atoms with E-state index in [9.17, 15) is 8.42 Å². The van der Waals surface area contributed by atoms with E-state index in [4.69, 9.17) is 11.1 Å². The second-order valence-electron chi connectivity index (χ2n) is 4.28. The lowest BCUT2D eigenvalue weighted by molar-refractivity contribution is 0.410. The molecule has 0 amide bonds. The predicted octanol–water partition coefficient (Wildman–Crippen LogP) is 0.434. The summed E-state index contributed by atoms with van der Waals surface area (Å²) in [5, 5.41) is 8.62. The summed E-state index contributed by atoms with van der Waals surface area (Å²) in [6.45, 7) is 0.223. The Balaban J connectivity index is 2.25. The van der Waals surface area contributed by atoms with Crippen molar-refractivity contribution >= 4 is 15.8 Å². The molecule has 0 unspecified atom stereocenters. The van der Waals surface area contributed by atoms with Gasteiger partial charge in [0.1, 0.15) is 10.7 Å². The molecule has 0 spiro atoms. The number of nitrogen functional groups attached to an aromatic ring is 1. The van der Waals surface area contributed by atoms with Gasteiger partial charge in [0.25, 0.3) is 0 Å². The van der Waals surface area contributed by atoms with Gasteiger partial charge < -0.3 is 5.43 Å². The molecular weight excluding hydrogens is 266 g/mol. The molecule has 0 saturated heterocycles. The summed E-state index contributed by atoms with van der Waals surface area (Å²) >= 11 is 0. The van der Waals surface area contributed by atoms with E-state index >= 15 is 0 Å². The molecule has 0 aliphatic heterocycles. The highest BCUT2D eigenvalue weighted by molar-refractivity contribution is 7.89. The highest BCUT2D eigenvalue weighted by atomic mass is 32.2. The molecule has 0 radical (unpaired) electrons. The van der Waals surface area contributed by atoms with Crippen molar-refractivity contribution in [1.82, 2.24) is 9.29 Å². The van der Waals surface area contributed by atoms with Gasteiger partial charge in [-0.1, -0.05) is 0 Å². The van der Waals surface area contributed by atoms with E-state index < -0.39 is 10.0 Å². The van der Waals surface area contributed by atoms with Crippen molar-refractivity contribution in [3.8, 4) is 6.07 Å². The first-order valence-corrected chi connectivity index (χ1v) is 7.35. The highest BCUT2D eigenvalue weighted by Crippen LogP contribution is 2.32. The fourth-order valence-corrected chi connectivity index (χ4v) is 3.41. The van der Waals surface area contributed by atoms with E-state index in [1.54, 1.807) is 0 Å². The van der Waals surface area contributed by atoms with Crippen molar-refractivity contribution in [2.24, 2.45) is 5.84 Å². The lowest BCUT2D eigenvalue weighted by Crippen LogP contribution is -2.34. The van der Waals surface area contributed by atoms with Gasteiger partial charge in [0.2, 0.25) is 10.0 Å². The third-order valence-corrected chi connectivity index (χ3v) is 4.82. The maximum Gasteiger partial charge on any atom is 0.244 e. The molecule has 0 atom stereocenters. The van der Waals surface area contributed by atoms with Crippen LogP contribution in [0.3, 0.4) is 0 Å². The standard InChI is InChI=1S/C11H15N5O2S/c12-6-1-7-16(9-2-3-9)19(17,18)10-4-5-11(15-13)14-8-10/h4-5,8-9H,1-3,7,13H2,(H,14,15). The molecule has 1 aliphatic rings. The molecule has 7 nitrogen and oxygen atoms in total. The molecule has 2 rings (SSSR count). The number of hydrogen-bond acceptors (Lipinski definition) is 6. The number of nitrogens with zero attached hydrogens (tertiary/aromatic N) is 3. The number of rotatable bonds is 6. The molecule has 8 heteroatoms. The highest BCUT2D eigenvalue weighted by Gasteiger charge is 2.37. The number of hydrogen-bond donors (Lipinski definition) is 2. The van der Waals surface area contributed by atoms with E-state index in [1.807, 2.05) is 6.07 Å². The van der Waals surface area contributed by atoms with Gasteiger partial charge in [-0.3, -0.25) is 0 Å². The Hall–Kier alpha value is -1.69. The van der Waals surface area contributed by atoms with Crippen LogP contribution in [0.25, 0.3) is 0 Å². The van der Waals surface area contributed by atoms with E-state index in [1.165, 1.54) is 22.6 Å². The SMILES string of the molecule is N#CCCN(C1CC1)S(=O)(=O)c1ccc(NN)nc1. The van der Waals surface area contributed by atoms with Crippen molar-refractivity contribution < 1.29 is 8.42 Å². The fourth-order valence-electron chi connectivity index (χ4n) is 1.78. The summed E-state index contributed by atoms with van der Waals surface area (Å²) < 4.78 is 26.3. The lowest BCUT2D eigenvalue weighted by Gasteiger charge is -2.20. The first-order chi connectivity index (χ1) is 9.09. The Morgan fingerprint density at radius 2 is 2.26 bits per heavy atom. The smallest absolute Gasteiger partial charge is 0.244 e. The van der Waals surface area contributed by atoms with E-state index in [0.29, 0.717) is 5.82 Å². The average Bonchev–Trinajstić information content (AvgIpc) is 3.23. The molecule has 3 N–H and O–H groups in total. The minimum Gasteiger partial charge on any atom is -0.308 e. The number of nitrogens with two attached hydrogens (primary N) is 1. The molecule has 102 valence electrons. The second kappa shape index (κ2) is 5.52. The number of pyridine rings is 1. The van der Waals surface area contributed by atoms with Gasteiger partial charge in [-0.25, -0.2) is 19.2 Å². The number of hydrazine groups is 1. The van der Waals surface area contributed by atoms with Gasteiger partial charge >= 0.3 is 0 Å².